The van der Waals surface area contributed by atoms with Crippen LogP contribution in [0.3, 0.4) is 0 Å². The van der Waals surface area contributed by atoms with Crippen LogP contribution in [0.1, 0.15) is 26.2 Å². The summed E-state index contributed by atoms with van der Waals surface area (Å²) < 4.78 is 38.4. The van der Waals surface area contributed by atoms with Crippen LogP contribution in [-0.2, 0) is 14.6 Å². The van der Waals surface area contributed by atoms with Crippen molar-refractivity contribution in [3.63, 3.8) is 0 Å². The number of hydrogen-bond acceptors (Lipinski definition) is 4. The molecule has 1 aromatic rings. The average molecular weight is 354 g/mol. The summed E-state index contributed by atoms with van der Waals surface area (Å²) in [6.07, 6.45) is 1.98. The van der Waals surface area contributed by atoms with Gasteiger partial charge in [0.2, 0.25) is 5.91 Å². The normalized spacial score (nSPS) is 24.1. The highest BCUT2D eigenvalue weighted by atomic mass is 32.2. The monoisotopic (exact) mass is 354 g/mol. The molecular formula is C17H23FN2O3S. The molecule has 1 atom stereocenters. The SMILES string of the molecule is CC1(C(=O)N2CCC(S(=O)(=O)c3ccc(F)cc3)C2)CCNCC1. The number of sulfone groups is 1. The molecule has 2 aliphatic heterocycles. The van der Waals surface area contributed by atoms with Gasteiger partial charge in [0.1, 0.15) is 5.82 Å². The number of carbonyl (C=O) groups excluding carboxylic acids is 1. The van der Waals surface area contributed by atoms with E-state index in [4.69, 9.17) is 0 Å². The molecule has 24 heavy (non-hydrogen) atoms. The fraction of sp³-hybridized carbons (Fsp3) is 0.588. The molecule has 1 aromatic carbocycles. The predicted molar refractivity (Wildman–Crippen MR) is 88.8 cm³/mol. The third-order valence-electron chi connectivity index (χ3n) is 5.24. The lowest BCUT2D eigenvalue weighted by molar-refractivity contribution is -0.141. The van der Waals surface area contributed by atoms with Crippen LogP contribution in [0.5, 0.6) is 0 Å². The summed E-state index contributed by atoms with van der Waals surface area (Å²) in [6.45, 7) is 4.28. The maximum atomic E-state index is 13.0. The quantitative estimate of drug-likeness (QED) is 0.837. The number of hydrogen-bond donors (Lipinski definition) is 1. The molecule has 2 fully saturated rings. The Morgan fingerprint density at radius 1 is 1.25 bits per heavy atom. The molecule has 0 aromatic heterocycles. The van der Waals surface area contributed by atoms with E-state index >= 15 is 0 Å². The first-order valence-corrected chi connectivity index (χ1v) is 9.87. The van der Waals surface area contributed by atoms with Gasteiger partial charge in [0, 0.05) is 18.5 Å². The first-order chi connectivity index (χ1) is 11.3. The highest BCUT2D eigenvalue weighted by molar-refractivity contribution is 7.92. The van der Waals surface area contributed by atoms with Crippen molar-refractivity contribution in [1.29, 1.82) is 0 Å². The zero-order chi connectivity index (χ0) is 17.4. The number of amides is 1. The molecule has 0 spiro atoms. The number of likely N-dealkylation sites (tertiary alicyclic amines) is 1. The largest absolute Gasteiger partial charge is 0.341 e. The van der Waals surface area contributed by atoms with E-state index in [2.05, 4.69) is 5.32 Å². The van der Waals surface area contributed by atoms with Crippen molar-refractivity contribution in [3.8, 4) is 0 Å². The molecule has 2 aliphatic rings. The number of halogens is 1. The minimum Gasteiger partial charge on any atom is -0.341 e. The van der Waals surface area contributed by atoms with Crippen molar-refractivity contribution in [2.45, 2.75) is 36.3 Å². The van der Waals surface area contributed by atoms with E-state index in [1.54, 1.807) is 4.90 Å². The zero-order valence-electron chi connectivity index (χ0n) is 13.8. The summed E-state index contributed by atoms with van der Waals surface area (Å²) in [5.74, 6) is -0.406. The Morgan fingerprint density at radius 2 is 1.88 bits per heavy atom. The lowest BCUT2D eigenvalue weighted by atomic mass is 9.80. The number of benzene rings is 1. The van der Waals surface area contributed by atoms with Gasteiger partial charge in [0.05, 0.1) is 10.1 Å². The van der Waals surface area contributed by atoms with E-state index in [1.165, 1.54) is 12.1 Å². The first-order valence-electron chi connectivity index (χ1n) is 8.32. The summed E-state index contributed by atoms with van der Waals surface area (Å²) in [4.78, 5) is 14.6. The second kappa shape index (κ2) is 6.44. The minimum absolute atomic E-state index is 0.0563. The van der Waals surface area contributed by atoms with Crippen molar-refractivity contribution >= 4 is 15.7 Å². The third-order valence-corrected chi connectivity index (χ3v) is 7.43. The van der Waals surface area contributed by atoms with Crippen LogP contribution in [0.15, 0.2) is 29.2 Å². The van der Waals surface area contributed by atoms with Crippen molar-refractivity contribution in [2.24, 2.45) is 5.41 Å². The van der Waals surface area contributed by atoms with Crippen LogP contribution in [0, 0.1) is 11.2 Å². The molecule has 7 heteroatoms. The fourth-order valence-corrected chi connectivity index (χ4v) is 5.25. The number of nitrogens with one attached hydrogen (secondary N) is 1. The van der Waals surface area contributed by atoms with Gasteiger partial charge < -0.3 is 10.2 Å². The summed E-state index contributed by atoms with van der Waals surface area (Å²) in [6, 6.07) is 4.90. The van der Waals surface area contributed by atoms with Crippen LogP contribution in [-0.4, -0.2) is 50.7 Å². The molecule has 3 rings (SSSR count). The smallest absolute Gasteiger partial charge is 0.228 e. The van der Waals surface area contributed by atoms with Gasteiger partial charge in [0.15, 0.2) is 9.84 Å². The van der Waals surface area contributed by atoms with Gasteiger partial charge in [-0.1, -0.05) is 6.92 Å². The Bertz CT molecular complexity index is 712. The maximum absolute atomic E-state index is 13.0. The van der Waals surface area contributed by atoms with Crippen LogP contribution in [0.25, 0.3) is 0 Å². The number of nitrogens with zero attached hydrogens (tertiary/aromatic N) is 1. The number of piperidine rings is 1. The number of carbonyl (C=O) groups is 1. The maximum Gasteiger partial charge on any atom is 0.228 e. The topological polar surface area (TPSA) is 66.5 Å². The lowest BCUT2D eigenvalue weighted by Gasteiger charge is -2.36. The Balaban J connectivity index is 1.72. The van der Waals surface area contributed by atoms with E-state index in [0.29, 0.717) is 13.0 Å². The molecule has 2 saturated heterocycles. The molecule has 1 N–H and O–H groups in total. The van der Waals surface area contributed by atoms with Gasteiger partial charge in [-0.2, -0.15) is 0 Å². The molecule has 5 nitrogen and oxygen atoms in total. The molecule has 132 valence electrons. The minimum atomic E-state index is -3.55. The molecule has 0 radical (unpaired) electrons. The summed E-state index contributed by atoms with van der Waals surface area (Å²) >= 11 is 0. The van der Waals surface area contributed by atoms with Gasteiger partial charge in [-0.05, 0) is 56.6 Å². The van der Waals surface area contributed by atoms with Gasteiger partial charge >= 0.3 is 0 Å². The molecule has 2 heterocycles. The second-order valence-electron chi connectivity index (χ2n) is 6.97. The Kier molecular flexibility index (Phi) is 4.66. The van der Waals surface area contributed by atoms with Crippen molar-refractivity contribution in [3.05, 3.63) is 30.1 Å². The summed E-state index contributed by atoms with van der Waals surface area (Å²) in [5.41, 5.74) is -0.403. The van der Waals surface area contributed by atoms with Gasteiger partial charge in [0.25, 0.3) is 0 Å². The van der Waals surface area contributed by atoms with Gasteiger partial charge in [-0.15, -0.1) is 0 Å². The Morgan fingerprint density at radius 3 is 2.50 bits per heavy atom. The average Bonchev–Trinajstić information content (AvgIpc) is 3.06. The van der Waals surface area contributed by atoms with Crippen LogP contribution in [0.4, 0.5) is 4.39 Å². The predicted octanol–water partition coefficient (Wildman–Crippen LogP) is 1.59. The second-order valence-corrected chi connectivity index (χ2v) is 9.20. The zero-order valence-corrected chi connectivity index (χ0v) is 14.6. The fourth-order valence-electron chi connectivity index (χ4n) is 3.56. The third kappa shape index (κ3) is 3.19. The van der Waals surface area contributed by atoms with E-state index in [0.717, 1.165) is 38.1 Å². The highest BCUT2D eigenvalue weighted by Crippen LogP contribution is 2.33. The molecule has 0 bridgehead atoms. The van der Waals surface area contributed by atoms with E-state index in [-0.39, 0.29) is 17.3 Å². The van der Waals surface area contributed by atoms with Crippen molar-refractivity contribution in [2.75, 3.05) is 26.2 Å². The number of rotatable bonds is 3. The van der Waals surface area contributed by atoms with Gasteiger partial charge in [-0.3, -0.25) is 4.79 Å². The van der Waals surface area contributed by atoms with Gasteiger partial charge in [-0.25, -0.2) is 12.8 Å². The summed E-state index contributed by atoms with van der Waals surface area (Å²) in [7, 11) is -3.55. The van der Waals surface area contributed by atoms with E-state index in [1.807, 2.05) is 6.92 Å². The van der Waals surface area contributed by atoms with E-state index in [9.17, 15) is 17.6 Å². The first kappa shape index (κ1) is 17.4. The summed E-state index contributed by atoms with van der Waals surface area (Å²) in [5, 5.41) is 2.63. The lowest BCUT2D eigenvalue weighted by Crippen LogP contribution is -2.47. The van der Waals surface area contributed by atoms with Crippen LogP contribution >= 0.6 is 0 Å². The highest BCUT2D eigenvalue weighted by Gasteiger charge is 2.42. The van der Waals surface area contributed by atoms with Crippen molar-refractivity contribution in [1.82, 2.24) is 10.2 Å². The standard InChI is InChI=1S/C17H23FN2O3S/c1-17(7-9-19-10-8-17)16(21)20-11-6-15(12-20)24(22,23)14-4-2-13(18)3-5-14/h2-5,15,19H,6-12H2,1H3. The molecular weight excluding hydrogens is 331 g/mol. The molecule has 0 aliphatic carbocycles. The Hall–Kier alpha value is -1.47. The molecule has 1 amide bonds. The molecule has 1 unspecified atom stereocenters. The van der Waals surface area contributed by atoms with E-state index < -0.39 is 26.3 Å². The van der Waals surface area contributed by atoms with Crippen molar-refractivity contribution < 1.29 is 17.6 Å². The molecule has 0 saturated carbocycles. The van der Waals surface area contributed by atoms with Crippen LogP contribution < -0.4 is 5.32 Å². The van der Waals surface area contributed by atoms with Crippen LogP contribution in [0.2, 0.25) is 0 Å². The Labute approximate surface area is 142 Å².